The third-order valence-corrected chi connectivity index (χ3v) is 18.5. The maximum Gasteiger partial charge on any atom is 0.472 e. The average molecular weight is 1500 g/mol. The second-order valence-corrected chi connectivity index (χ2v) is 29.5. The number of phosphoric ester groups is 2. The van der Waals surface area contributed by atoms with Crippen molar-refractivity contribution in [3.05, 3.63) is 134 Å². The fourth-order valence-corrected chi connectivity index (χ4v) is 12.0. The highest BCUT2D eigenvalue weighted by molar-refractivity contribution is 7.47. The maximum atomic E-state index is 13.1. The van der Waals surface area contributed by atoms with Crippen molar-refractivity contribution in [1.29, 1.82) is 0 Å². The SMILES string of the molecule is CC/C=C\C/C=C\C/C=C\C/C=C\C/C=C\CCCCCC(=O)OCC(COP(=O)(O)OCC(O)COP(=O)(O)OCC(COC(=O)CCCCCCCC/C=C\C/C=C\C/C=C\CCCCC)OC(=O)CCCCCCC/C=C\C/C=C\CCCCC)OC(=O)CCCCCCC/C=C\CCCC. The van der Waals surface area contributed by atoms with Gasteiger partial charge < -0.3 is 33.8 Å². The van der Waals surface area contributed by atoms with Gasteiger partial charge in [0.15, 0.2) is 12.2 Å². The topological polar surface area (TPSA) is 237 Å². The molecule has 0 radical (unpaired) electrons. The molecule has 17 nitrogen and oxygen atoms in total. The van der Waals surface area contributed by atoms with Crippen molar-refractivity contribution >= 4 is 39.5 Å². The molecule has 5 atom stereocenters. The Kier molecular flexibility index (Phi) is 72.9. The van der Waals surface area contributed by atoms with Crippen LogP contribution in [-0.4, -0.2) is 96.7 Å². The smallest absolute Gasteiger partial charge is 0.462 e. The van der Waals surface area contributed by atoms with Crippen LogP contribution in [0.15, 0.2) is 134 Å². The molecule has 0 saturated heterocycles. The molecule has 0 aromatic rings. The number of ether oxygens (including phenoxy) is 4. The molecule has 0 spiro atoms. The lowest BCUT2D eigenvalue weighted by atomic mass is 10.1. The highest BCUT2D eigenvalue weighted by Gasteiger charge is 2.30. The second kappa shape index (κ2) is 76.4. The summed E-state index contributed by atoms with van der Waals surface area (Å²) in [5.41, 5.74) is 0. The molecule has 104 heavy (non-hydrogen) atoms. The molecule has 0 bridgehead atoms. The van der Waals surface area contributed by atoms with Gasteiger partial charge >= 0.3 is 39.5 Å². The summed E-state index contributed by atoms with van der Waals surface area (Å²) in [4.78, 5) is 73.0. The van der Waals surface area contributed by atoms with E-state index in [-0.39, 0.29) is 25.7 Å². The lowest BCUT2D eigenvalue weighted by Crippen LogP contribution is -2.30. The van der Waals surface area contributed by atoms with Gasteiger partial charge in [-0.3, -0.25) is 37.3 Å². The van der Waals surface area contributed by atoms with Gasteiger partial charge in [-0.15, -0.1) is 0 Å². The minimum Gasteiger partial charge on any atom is -0.462 e. The Morgan fingerprint density at radius 2 is 0.510 bits per heavy atom. The molecule has 0 aliphatic heterocycles. The Labute approximate surface area is 631 Å². The van der Waals surface area contributed by atoms with Crippen LogP contribution < -0.4 is 0 Å². The van der Waals surface area contributed by atoms with E-state index in [1.54, 1.807) is 0 Å². The van der Waals surface area contributed by atoms with Gasteiger partial charge in [-0.2, -0.15) is 0 Å². The fraction of sp³-hybridized carbons (Fsp3) is 0.694. The molecular formula is C85H144O17P2. The maximum absolute atomic E-state index is 13.1. The van der Waals surface area contributed by atoms with E-state index < -0.39 is 97.5 Å². The molecule has 0 fully saturated rings. The predicted molar refractivity (Wildman–Crippen MR) is 427 cm³/mol. The molecule has 596 valence electrons. The largest absolute Gasteiger partial charge is 0.472 e. The Balaban J connectivity index is 5.37. The number of allylic oxidation sites excluding steroid dienone is 22. The Morgan fingerprint density at radius 1 is 0.279 bits per heavy atom. The third-order valence-electron chi connectivity index (χ3n) is 16.6. The summed E-state index contributed by atoms with van der Waals surface area (Å²) in [7, 11) is -9.98. The van der Waals surface area contributed by atoms with E-state index in [4.69, 9.17) is 37.0 Å². The number of aliphatic hydroxyl groups excluding tert-OH is 1. The summed E-state index contributed by atoms with van der Waals surface area (Å²) >= 11 is 0. The minimum absolute atomic E-state index is 0.0729. The Morgan fingerprint density at radius 3 is 0.817 bits per heavy atom. The van der Waals surface area contributed by atoms with Crippen molar-refractivity contribution in [2.45, 2.75) is 341 Å². The van der Waals surface area contributed by atoms with Gasteiger partial charge in [-0.1, -0.05) is 271 Å². The molecule has 0 aromatic heterocycles. The number of carbonyl (C=O) groups is 4. The quantitative estimate of drug-likeness (QED) is 0.0169. The van der Waals surface area contributed by atoms with Crippen LogP contribution in [0.4, 0.5) is 0 Å². The number of rotatable bonds is 75. The lowest BCUT2D eigenvalue weighted by molar-refractivity contribution is -0.161. The average Bonchev–Trinajstić information content (AvgIpc) is 0.931. The highest BCUT2D eigenvalue weighted by atomic mass is 31.2. The van der Waals surface area contributed by atoms with Gasteiger partial charge in [0.1, 0.15) is 19.3 Å². The summed E-state index contributed by atoms with van der Waals surface area (Å²) in [6, 6.07) is 0. The van der Waals surface area contributed by atoms with Crippen LogP contribution in [0.1, 0.15) is 323 Å². The number of hydrogen-bond donors (Lipinski definition) is 3. The van der Waals surface area contributed by atoms with E-state index >= 15 is 0 Å². The van der Waals surface area contributed by atoms with E-state index in [1.807, 2.05) is 0 Å². The summed E-state index contributed by atoms with van der Waals surface area (Å²) in [6.45, 7) is 4.60. The van der Waals surface area contributed by atoms with Gasteiger partial charge in [0, 0.05) is 25.7 Å². The van der Waals surface area contributed by atoms with E-state index in [0.29, 0.717) is 25.7 Å². The Hall–Kier alpha value is -4.80. The van der Waals surface area contributed by atoms with Gasteiger partial charge in [-0.05, 0) is 161 Å². The number of unbranched alkanes of at least 4 members (excludes halogenated alkanes) is 27. The lowest BCUT2D eigenvalue weighted by Gasteiger charge is -2.21. The van der Waals surface area contributed by atoms with Crippen LogP contribution in [0, 0.1) is 0 Å². The minimum atomic E-state index is -4.99. The van der Waals surface area contributed by atoms with Crippen LogP contribution in [0.3, 0.4) is 0 Å². The first-order chi connectivity index (χ1) is 50.7. The van der Waals surface area contributed by atoms with Gasteiger partial charge in [0.25, 0.3) is 0 Å². The van der Waals surface area contributed by atoms with E-state index in [2.05, 4.69) is 161 Å². The summed E-state index contributed by atoms with van der Waals surface area (Å²) in [5.74, 6) is -2.25. The molecule has 3 N–H and O–H groups in total. The van der Waals surface area contributed by atoms with E-state index in [1.165, 1.54) is 51.4 Å². The van der Waals surface area contributed by atoms with Gasteiger partial charge in [0.05, 0.1) is 26.4 Å². The third kappa shape index (κ3) is 75.4. The van der Waals surface area contributed by atoms with Crippen molar-refractivity contribution in [2.75, 3.05) is 39.6 Å². The normalized spacial score (nSPS) is 14.6. The first-order valence-corrected chi connectivity index (χ1v) is 43.4. The van der Waals surface area contributed by atoms with Crippen molar-refractivity contribution in [2.24, 2.45) is 0 Å². The van der Waals surface area contributed by atoms with Crippen molar-refractivity contribution in [3.8, 4) is 0 Å². The molecule has 0 aromatic carbocycles. The highest BCUT2D eigenvalue weighted by Crippen LogP contribution is 2.45. The number of carbonyl (C=O) groups excluding carboxylic acids is 4. The summed E-state index contributed by atoms with van der Waals surface area (Å²) in [6.07, 6.45) is 85.7. The molecule has 0 aliphatic carbocycles. The number of aliphatic hydroxyl groups is 1. The zero-order valence-electron chi connectivity index (χ0n) is 65.2. The summed E-state index contributed by atoms with van der Waals surface area (Å²) < 4.78 is 68.6. The fourth-order valence-electron chi connectivity index (χ4n) is 10.4. The molecule has 5 unspecified atom stereocenters. The zero-order chi connectivity index (χ0) is 76.0. The molecule has 0 saturated carbocycles. The summed E-state index contributed by atoms with van der Waals surface area (Å²) in [5, 5.41) is 10.6. The number of esters is 4. The first kappa shape index (κ1) is 99.2. The zero-order valence-corrected chi connectivity index (χ0v) is 66.9. The van der Waals surface area contributed by atoms with E-state index in [0.717, 1.165) is 193 Å². The van der Waals surface area contributed by atoms with Crippen molar-refractivity contribution in [1.82, 2.24) is 0 Å². The first-order valence-electron chi connectivity index (χ1n) is 40.4. The van der Waals surface area contributed by atoms with Crippen molar-refractivity contribution in [3.63, 3.8) is 0 Å². The molecule has 19 heteroatoms. The van der Waals surface area contributed by atoms with Gasteiger partial charge in [-0.25, -0.2) is 9.13 Å². The second-order valence-electron chi connectivity index (χ2n) is 26.6. The molecular weight excluding hydrogens is 1350 g/mol. The van der Waals surface area contributed by atoms with Crippen LogP contribution in [0.2, 0.25) is 0 Å². The van der Waals surface area contributed by atoms with Crippen LogP contribution in [0.5, 0.6) is 0 Å². The molecule has 0 aliphatic rings. The van der Waals surface area contributed by atoms with Gasteiger partial charge in [0.2, 0.25) is 0 Å². The molecule has 0 amide bonds. The number of phosphoric acid groups is 2. The van der Waals surface area contributed by atoms with E-state index in [9.17, 15) is 43.2 Å². The predicted octanol–water partition coefficient (Wildman–Crippen LogP) is 23.7. The van der Waals surface area contributed by atoms with Crippen LogP contribution in [0.25, 0.3) is 0 Å². The molecule has 0 heterocycles. The Bertz CT molecular complexity index is 2490. The number of hydrogen-bond acceptors (Lipinski definition) is 15. The van der Waals surface area contributed by atoms with Crippen molar-refractivity contribution < 1.29 is 80.2 Å². The standard InChI is InChI=1S/C85H144O17P2/c1-5-9-13-17-21-25-29-32-35-37-39-41-44-46-50-53-57-61-65-69-82(87)95-75-80(101-84(89)71-67-63-59-55-49-28-24-20-16-12-8-4)77-99-103(91,92)97-73-79(86)74-98-104(93,94)100-78-81(102-85(90)72-68-64-60-56-52-48-43-34-31-27-23-19-15-11-7-3)76-96-83(88)70-66-62-58-54-51-47-45-42-40-38-36-33-30-26-22-18-14-10-6-2/h9,13,20-27,32-36,39-43,46,50,79-81,86H,5-8,10-12,14-19,28-31,37-38,44-45,47-49,51-78H2,1-4H3,(H,91,92)(H,93,94)/b13-9-,24-20-,25-21-,26-22-,27-23-,35-32-,36-33-,41-39-,42-40-,43-34-,50-46-. The monoisotopic (exact) mass is 1500 g/mol. The van der Waals surface area contributed by atoms with Crippen LogP contribution in [-0.2, 0) is 65.4 Å². The van der Waals surface area contributed by atoms with Crippen LogP contribution >= 0.6 is 15.6 Å². The molecule has 0 rings (SSSR count).